The maximum Gasteiger partial charge on any atom is 0.319 e. The lowest BCUT2D eigenvalue weighted by atomic mass is 9.86. The van der Waals surface area contributed by atoms with Crippen molar-refractivity contribution < 1.29 is 19.1 Å². The number of fused-ring (bicyclic) bond motifs is 5. The van der Waals surface area contributed by atoms with Gasteiger partial charge in [0.1, 0.15) is 0 Å². The second-order valence-corrected chi connectivity index (χ2v) is 5.69. The fourth-order valence-corrected chi connectivity index (χ4v) is 3.76. The summed E-state index contributed by atoms with van der Waals surface area (Å²) in [5.41, 5.74) is -0.563. The number of esters is 2. The first kappa shape index (κ1) is 12.4. The Kier molecular flexibility index (Phi) is 2.40. The SMILES string of the molecule is CC(=O)OC1=C2OC(=O)C3([C@@H]4C=CC=C[C@@H]43)[C@H]2C=CC=C1. The molecule has 0 aromatic carbocycles. The molecule has 1 saturated heterocycles. The van der Waals surface area contributed by atoms with Gasteiger partial charge in [0.2, 0.25) is 0 Å². The van der Waals surface area contributed by atoms with Gasteiger partial charge >= 0.3 is 11.9 Å². The molecule has 4 rings (SSSR count). The molecule has 0 amide bonds. The lowest BCUT2D eigenvalue weighted by Crippen LogP contribution is -2.19. The predicted octanol–water partition coefficient (Wildman–Crippen LogP) is 2.42. The van der Waals surface area contributed by atoms with Gasteiger partial charge in [-0.25, -0.2) is 0 Å². The Bertz CT molecular complexity index is 672. The van der Waals surface area contributed by atoms with Crippen molar-refractivity contribution >= 4 is 11.9 Å². The van der Waals surface area contributed by atoms with Crippen LogP contribution < -0.4 is 0 Å². The summed E-state index contributed by atoms with van der Waals surface area (Å²) in [7, 11) is 0. The van der Waals surface area contributed by atoms with Crippen LogP contribution in [0.5, 0.6) is 0 Å². The quantitative estimate of drug-likeness (QED) is 0.693. The normalized spacial score (nSPS) is 38.1. The van der Waals surface area contributed by atoms with Crippen molar-refractivity contribution in [2.75, 3.05) is 0 Å². The molecule has 0 N–H and O–H groups in total. The van der Waals surface area contributed by atoms with E-state index in [2.05, 4.69) is 12.2 Å². The molecule has 106 valence electrons. The zero-order valence-corrected chi connectivity index (χ0v) is 11.5. The third-order valence-corrected chi connectivity index (χ3v) is 4.64. The number of carbonyl (C=O) groups is 2. The Hall–Kier alpha value is -2.36. The minimum Gasteiger partial charge on any atom is -0.426 e. The van der Waals surface area contributed by atoms with E-state index < -0.39 is 11.4 Å². The molecule has 3 aliphatic carbocycles. The van der Waals surface area contributed by atoms with E-state index in [1.807, 2.05) is 24.3 Å². The average molecular weight is 282 g/mol. The molecular weight excluding hydrogens is 268 g/mol. The zero-order chi connectivity index (χ0) is 14.6. The van der Waals surface area contributed by atoms with Gasteiger partial charge in [0.25, 0.3) is 0 Å². The molecule has 0 bridgehead atoms. The molecule has 1 spiro atoms. The molecule has 1 aliphatic heterocycles. The molecule has 1 unspecified atom stereocenters. The van der Waals surface area contributed by atoms with Crippen LogP contribution in [-0.2, 0) is 19.1 Å². The Labute approximate surface area is 122 Å². The first-order valence-electron chi connectivity index (χ1n) is 7.00. The monoisotopic (exact) mass is 282 g/mol. The van der Waals surface area contributed by atoms with Gasteiger partial charge in [0, 0.05) is 18.8 Å². The van der Waals surface area contributed by atoms with Crippen LogP contribution in [-0.4, -0.2) is 11.9 Å². The van der Waals surface area contributed by atoms with Crippen molar-refractivity contribution in [3.05, 3.63) is 60.1 Å². The van der Waals surface area contributed by atoms with Crippen molar-refractivity contribution in [3.8, 4) is 0 Å². The molecule has 2 fully saturated rings. The van der Waals surface area contributed by atoms with Crippen molar-refractivity contribution in [2.24, 2.45) is 23.2 Å². The highest BCUT2D eigenvalue weighted by Crippen LogP contribution is 2.71. The fourth-order valence-electron chi connectivity index (χ4n) is 3.76. The molecule has 1 heterocycles. The number of rotatable bonds is 1. The summed E-state index contributed by atoms with van der Waals surface area (Å²) in [6, 6.07) is 0. The van der Waals surface area contributed by atoms with Crippen LogP contribution in [0.3, 0.4) is 0 Å². The second kappa shape index (κ2) is 4.07. The second-order valence-electron chi connectivity index (χ2n) is 5.69. The molecule has 4 heteroatoms. The summed E-state index contributed by atoms with van der Waals surface area (Å²) >= 11 is 0. The van der Waals surface area contributed by atoms with Gasteiger partial charge in [0.05, 0.1) is 11.3 Å². The molecule has 0 aromatic rings. The Morgan fingerprint density at radius 3 is 2.48 bits per heavy atom. The number of hydrogen-bond donors (Lipinski definition) is 0. The summed E-state index contributed by atoms with van der Waals surface area (Å²) < 4.78 is 10.7. The third-order valence-electron chi connectivity index (χ3n) is 4.64. The largest absolute Gasteiger partial charge is 0.426 e. The smallest absolute Gasteiger partial charge is 0.319 e. The summed E-state index contributed by atoms with van der Waals surface area (Å²) in [5.74, 6) is 0.288. The zero-order valence-electron chi connectivity index (χ0n) is 11.5. The lowest BCUT2D eigenvalue weighted by molar-refractivity contribution is -0.142. The first-order chi connectivity index (χ1) is 10.2. The Morgan fingerprint density at radius 2 is 1.81 bits per heavy atom. The standard InChI is InChI=1S/C17H14O4/c1-10(18)20-14-9-5-4-8-13-15(14)21-16(19)17(13)11-6-2-3-7-12(11)17/h2-9,11-13H,1H3/t11-,12+,13-,17?/m0/s1. The Balaban J connectivity index is 1.81. The molecule has 4 atom stereocenters. The maximum atomic E-state index is 12.5. The lowest BCUT2D eigenvalue weighted by Gasteiger charge is -2.12. The van der Waals surface area contributed by atoms with Crippen molar-refractivity contribution in [1.29, 1.82) is 0 Å². The van der Waals surface area contributed by atoms with Crippen molar-refractivity contribution in [2.45, 2.75) is 6.92 Å². The minimum absolute atomic E-state index is 0.166. The molecule has 1 saturated carbocycles. The van der Waals surface area contributed by atoms with Crippen LogP contribution in [0.25, 0.3) is 0 Å². The minimum atomic E-state index is -0.563. The molecule has 4 nitrogen and oxygen atoms in total. The van der Waals surface area contributed by atoms with Crippen LogP contribution in [0.4, 0.5) is 0 Å². The summed E-state index contributed by atoms with van der Waals surface area (Å²) in [6.45, 7) is 1.34. The van der Waals surface area contributed by atoms with E-state index in [1.165, 1.54) is 6.92 Å². The number of allylic oxidation sites excluding steroid dienone is 8. The van der Waals surface area contributed by atoms with Gasteiger partial charge in [-0.15, -0.1) is 0 Å². The van der Waals surface area contributed by atoms with Crippen molar-refractivity contribution in [1.82, 2.24) is 0 Å². The van der Waals surface area contributed by atoms with Gasteiger partial charge in [-0.3, -0.25) is 9.59 Å². The maximum absolute atomic E-state index is 12.5. The topological polar surface area (TPSA) is 52.6 Å². The van der Waals surface area contributed by atoms with E-state index in [0.717, 1.165) is 0 Å². The Morgan fingerprint density at radius 1 is 1.14 bits per heavy atom. The first-order valence-corrected chi connectivity index (χ1v) is 7.00. The number of ether oxygens (including phenoxy) is 2. The van der Waals surface area contributed by atoms with Gasteiger partial charge in [-0.05, 0) is 6.08 Å². The number of hydrogen-bond acceptors (Lipinski definition) is 4. The van der Waals surface area contributed by atoms with E-state index in [4.69, 9.17) is 9.47 Å². The van der Waals surface area contributed by atoms with Crippen LogP contribution in [0.1, 0.15) is 6.92 Å². The van der Waals surface area contributed by atoms with Crippen LogP contribution in [0.2, 0.25) is 0 Å². The van der Waals surface area contributed by atoms with Crippen LogP contribution in [0.15, 0.2) is 60.1 Å². The van der Waals surface area contributed by atoms with Crippen LogP contribution >= 0.6 is 0 Å². The van der Waals surface area contributed by atoms with Crippen LogP contribution in [0, 0.1) is 23.2 Å². The van der Waals surface area contributed by atoms with Crippen molar-refractivity contribution in [3.63, 3.8) is 0 Å². The van der Waals surface area contributed by atoms with E-state index in [1.54, 1.807) is 12.2 Å². The number of carbonyl (C=O) groups excluding carboxylic acids is 2. The highest BCUT2D eigenvalue weighted by atomic mass is 16.6. The highest BCUT2D eigenvalue weighted by Gasteiger charge is 2.76. The average Bonchev–Trinajstić information content (AvgIpc) is 3.08. The summed E-state index contributed by atoms with van der Waals surface area (Å²) in [6.07, 6.45) is 15.4. The summed E-state index contributed by atoms with van der Waals surface area (Å²) in [5, 5.41) is 0. The fraction of sp³-hybridized carbons (Fsp3) is 0.294. The summed E-state index contributed by atoms with van der Waals surface area (Å²) in [4.78, 5) is 23.8. The highest BCUT2D eigenvalue weighted by molar-refractivity contribution is 5.88. The van der Waals surface area contributed by atoms with E-state index in [0.29, 0.717) is 11.5 Å². The van der Waals surface area contributed by atoms with E-state index in [9.17, 15) is 9.59 Å². The van der Waals surface area contributed by atoms with E-state index >= 15 is 0 Å². The van der Waals surface area contributed by atoms with Gasteiger partial charge in [-0.2, -0.15) is 0 Å². The molecule has 0 radical (unpaired) electrons. The predicted molar refractivity (Wildman–Crippen MR) is 74.3 cm³/mol. The molecule has 0 aromatic heterocycles. The van der Waals surface area contributed by atoms with E-state index in [-0.39, 0.29) is 23.7 Å². The third kappa shape index (κ3) is 1.50. The molecule has 4 aliphatic rings. The molecular formula is C17H14O4. The molecule has 21 heavy (non-hydrogen) atoms. The van der Waals surface area contributed by atoms with Gasteiger partial charge < -0.3 is 9.47 Å². The van der Waals surface area contributed by atoms with Gasteiger partial charge in [0.15, 0.2) is 11.5 Å². The van der Waals surface area contributed by atoms with Gasteiger partial charge in [-0.1, -0.05) is 42.5 Å².